The van der Waals surface area contributed by atoms with Crippen molar-refractivity contribution in [3.8, 4) is 5.82 Å². The van der Waals surface area contributed by atoms with Gasteiger partial charge in [-0.05, 0) is 30.5 Å². The fourth-order valence-corrected chi connectivity index (χ4v) is 3.66. The van der Waals surface area contributed by atoms with E-state index in [1.165, 1.54) is 5.56 Å². The smallest absolute Gasteiger partial charge is 0.255 e. The number of piperidine rings is 1. The maximum atomic E-state index is 13.0. The first-order chi connectivity index (χ1) is 12.7. The van der Waals surface area contributed by atoms with Gasteiger partial charge in [-0.2, -0.15) is 0 Å². The third kappa shape index (κ3) is 3.10. The summed E-state index contributed by atoms with van der Waals surface area (Å²) in [6.45, 7) is 3.76. The van der Waals surface area contributed by atoms with Gasteiger partial charge in [0.1, 0.15) is 18.5 Å². The van der Waals surface area contributed by atoms with Gasteiger partial charge in [0, 0.05) is 24.7 Å². The van der Waals surface area contributed by atoms with Crippen LogP contribution in [0, 0.1) is 0 Å². The molecule has 1 atom stereocenters. The second-order valence-corrected chi connectivity index (χ2v) is 7.03. The van der Waals surface area contributed by atoms with Crippen molar-refractivity contribution >= 4 is 5.91 Å². The van der Waals surface area contributed by atoms with E-state index in [1.807, 2.05) is 23.1 Å². The van der Waals surface area contributed by atoms with Gasteiger partial charge in [0.05, 0.1) is 5.56 Å². The van der Waals surface area contributed by atoms with Crippen molar-refractivity contribution in [2.24, 2.45) is 0 Å². The minimum absolute atomic E-state index is 0.00891. The molecule has 0 unspecified atom stereocenters. The van der Waals surface area contributed by atoms with Crippen molar-refractivity contribution in [1.29, 1.82) is 0 Å². The lowest BCUT2D eigenvalue weighted by Gasteiger charge is -2.41. The average molecular weight is 347 g/mol. The van der Waals surface area contributed by atoms with E-state index >= 15 is 0 Å². The highest BCUT2D eigenvalue weighted by Gasteiger charge is 2.34. The third-order valence-corrected chi connectivity index (χ3v) is 5.13. The summed E-state index contributed by atoms with van der Waals surface area (Å²) in [5.41, 5.74) is 1.89. The highest BCUT2D eigenvalue weighted by Crippen LogP contribution is 2.34. The number of rotatable bonds is 3. The molecule has 1 saturated heterocycles. The number of carbonyl (C=O) groups is 1. The van der Waals surface area contributed by atoms with E-state index in [0.29, 0.717) is 11.4 Å². The van der Waals surface area contributed by atoms with Crippen LogP contribution < -0.4 is 0 Å². The first kappa shape index (κ1) is 16.4. The fraction of sp³-hybridized carbons (Fsp3) is 0.300. The standard InChI is InChI=1S/C20H21N5O/c1-20(17-6-3-2-4-7-17)10-5-11-24(13-20)19(26)16-8-9-18(21-12-16)25-14-22-23-15-25/h2-4,6-9,12,14-15H,5,10-11,13H2,1H3/t20-/m1/s1. The minimum Gasteiger partial charge on any atom is -0.338 e. The number of hydrogen-bond donors (Lipinski definition) is 0. The molecule has 3 heterocycles. The van der Waals surface area contributed by atoms with Gasteiger partial charge in [0.2, 0.25) is 0 Å². The molecule has 132 valence electrons. The zero-order valence-electron chi connectivity index (χ0n) is 14.7. The van der Waals surface area contributed by atoms with Gasteiger partial charge in [-0.3, -0.25) is 9.36 Å². The van der Waals surface area contributed by atoms with Crippen molar-refractivity contribution in [3.05, 3.63) is 72.4 Å². The molecule has 0 radical (unpaired) electrons. The molecular formula is C20H21N5O. The first-order valence-electron chi connectivity index (χ1n) is 8.82. The molecular weight excluding hydrogens is 326 g/mol. The highest BCUT2D eigenvalue weighted by atomic mass is 16.2. The Hall–Kier alpha value is -3.02. The molecule has 0 aliphatic carbocycles. The van der Waals surface area contributed by atoms with Crippen LogP contribution in [-0.4, -0.2) is 43.6 Å². The van der Waals surface area contributed by atoms with E-state index in [-0.39, 0.29) is 11.3 Å². The maximum Gasteiger partial charge on any atom is 0.255 e. The van der Waals surface area contributed by atoms with Crippen LogP contribution in [0.5, 0.6) is 0 Å². The summed E-state index contributed by atoms with van der Waals surface area (Å²) in [5.74, 6) is 0.731. The number of likely N-dealkylation sites (tertiary alicyclic amines) is 1. The quantitative estimate of drug-likeness (QED) is 0.731. The molecule has 0 bridgehead atoms. The molecule has 0 spiro atoms. The average Bonchev–Trinajstić information content (AvgIpc) is 3.23. The van der Waals surface area contributed by atoms with Crippen LogP contribution >= 0.6 is 0 Å². The number of hydrogen-bond acceptors (Lipinski definition) is 4. The van der Waals surface area contributed by atoms with Gasteiger partial charge in [-0.1, -0.05) is 37.3 Å². The van der Waals surface area contributed by atoms with Gasteiger partial charge in [0.15, 0.2) is 0 Å². The second kappa shape index (κ2) is 6.71. The summed E-state index contributed by atoms with van der Waals surface area (Å²) in [4.78, 5) is 19.3. The van der Waals surface area contributed by atoms with Crippen molar-refractivity contribution in [3.63, 3.8) is 0 Å². The Bertz CT molecular complexity index is 876. The van der Waals surface area contributed by atoms with Gasteiger partial charge in [0.25, 0.3) is 5.91 Å². The lowest BCUT2D eigenvalue weighted by atomic mass is 9.76. The molecule has 0 N–H and O–H groups in total. The summed E-state index contributed by atoms with van der Waals surface area (Å²) in [7, 11) is 0. The normalized spacial score (nSPS) is 20.1. The lowest BCUT2D eigenvalue weighted by Crippen LogP contribution is -2.47. The van der Waals surface area contributed by atoms with Crippen molar-refractivity contribution in [2.45, 2.75) is 25.2 Å². The van der Waals surface area contributed by atoms with E-state index in [9.17, 15) is 4.79 Å². The Kier molecular flexibility index (Phi) is 4.24. The predicted molar refractivity (Wildman–Crippen MR) is 98.1 cm³/mol. The zero-order chi connectivity index (χ0) is 18.0. The Labute approximate surface area is 152 Å². The van der Waals surface area contributed by atoms with E-state index in [0.717, 1.165) is 25.9 Å². The Morgan fingerprint density at radius 3 is 2.54 bits per heavy atom. The zero-order valence-corrected chi connectivity index (χ0v) is 14.7. The minimum atomic E-state index is -0.00891. The van der Waals surface area contributed by atoms with Crippen LogP contribution in [0.1, 0.15) is 35.7 Å². The Morgan fingerprint density at radius 2 is 1.85 bits per heavy atom. The number of amides is 1. The number of carbonyl (C=O) groups excluding carboxylic acids is 1. The molecule has 1 fully saturated rings. The fourth-order valence-electron chi connectivity index (χ4n) is 3.66. The molecule has 1 aliphatic heterocycles. The van der Waals surface area contributed by atoms with Crippen LogP contribution in [0.15, 0.2) is 61.3 Å². The van der Waals surface area contributed by atoms with Gasteiger partial charge >= 0.3 is 0 Å². The van der Waals surface area contributed by atoms with Crippen LogP contribution in [0.2, 0.25) is 0 Å². The molecule has 1 amide bonds. The Balaban J connectivity index is 1.52. The molecule has 6 nitrogen and oxygen atoms in total. The Morgan fingerprint density at radius 1 is 1.08 bits per heavy atom. The van der Waals surface area contributed by atoms with Gasteiger partial charge in [-0.25, -0.2) is 4.98 Å². The van der Waals surface area contributed by atoms with Crippen molar-refractivity contribution in [2.75, 3.05) is 13.1 Å². The summed E-state index contributed by atoms with van der Waals surface area (Å²) in [6, 6.07) is 14.1. The van der Waals surface area contributed by atoms with Crippen LogP contribution in [0.4, 0.5) is 0 Å². The summed E-state index contributed by atoms with van der Waals surface area (Å²) in [6.07, 6.45) is 6.89. The van der Waals surface area contributed by atoms with E-state index < -0.39 is 0 Å². The third-order valence-electron chi connectivity index (χ3n) is 5.13. The highest BCUT2D eigenvalue weighted by molar-refractivity contribution is 5.94. The van der Waals surface area contributed by atoms with Crippen LogP contribution in [0.25, 0.3) is 5.82 Å². The molecule has 1 aromatic carbocycles. The molecule has 2 aromatic heterocycles. The molecule has 0 saturated carbocycles. The molecule has 3 aromatic rings. The number of benzene rings is 1. The molecule has 6 heteroatoms. The number of nitrogens with zero attached hydrogens (tertiary/aromatic N) is 5. The first-order valence-corrected chi connectivity index (χ1v) is 8.82. The van der Waals surface area contributed by atoms with Crippen molar-refractivity contribution in [1.82, 2.24) is 24.6 Å². The predicted octanol–water partition coefficient (Wildman–Crippen LogP) is 2.86. The monoisotopic (exact) mass is 347 g/mol. The van der Waals surface area contributed by atoms with Gasteiger partial charge < -0.3 is 4.90 Å². The topological polar surface area (TPSA) is 63.9 Å². The second-order valence-electron chi connectivity index (χ2n) is 7.03. The summed E-state index contributed by atoms with van der Waals surface area (Å²) in [5, 5.41) is 7.54. The van der Waals surface area contributed by atoms with Crippen LogP contribution in [-0.2, 0) is 5.41 Å². The largest absolute Gasteiger partial charge is 0.338 e. The van der Waals surface area contributed by atoms with Gasteiger partial charge in [-0.15, -0.1) is 10.2 Å². The number of aromatic nitrogens is 4. The molecule has 4 rings (SSSR count). The molecule has 26 heavy (non-hydrogen) atoms. The summed E-state index contributed by atoms with van der Waals surface area (Å²) < 4.78 is 1.71. The van der Waals surface area contributed by atoms with Crippen LogP contribution in [0.3, 0.4) is 0 Å². The van der Waals surface area contributed by atoms with E-state index in [2.05, 4.69) is 46.4 Å². The summed E-state index contributed by atoms with van der Waals surface area (Å²) >= 11 is 0. The SMILES string of the molecule is C[C@@]1(c2ccccc2)CCCN(C(=O)c2ccc(-n3cnnc3)nc2)C1. The number of pyridine rings is 1. The maximum absolute atomic E-state index is 13.0. The van der Waals surface area contributed by atoms with Crippen molar-refractivity contribution < 1.29 is 4.79 Å². The van der Waals surface area contributed by atoms with E-state index in [4.69, 9.17) is 0 Å². The molecule has 1 aliphatic rings. The van der Waals surface area contributed by atoms with E-state index in [1.54, 1.807) is 23.4 Å². The lowest BCUT2D eigenvalue weighted by molar-refractivity contribution is 0.0650.